The van der Waals surface area contributed by atoms with Gasteiger partial charge in [-0.2, -0.15) is 0 Å². The topological polar surface area (TPSA) is 75.6 Å². The first kappa shape index (κ1) is 15.4. The van der Waals surface area contributed by atoms with Crippen LogP contribution in [-0.4, -0.2) is 23.6 Å². The molecule has 1 amide bonds. The highest BCUT2D eigenvalue weighted by molar-refractivity contribution is 5.95. The highest BCUT2D eigenvalue weighted by Gasteiger charge is 2.34. The van der Waals surface area contributed by atoms with Gasteiger partial charge in [0.25, 0.3) is 0 Å². The quantitative estimate of drug-likeness (QED) is 0.874. The summed E-state index contributed by atoms with van der Waals surface area (Å²) >= 11 is 0. The van der Waals surface area contributed by atoms with Gasteiger partial charge < -0.3 is 15.2 Å². The maximum atomic E-state index is 12.4. The second-order valence-electron chi connectivity index (χ2n) is 5.78. The molecule has 1 fully saturated rings. The summed E-state index contributed by atoms with van der Waals surface area (Å²) in [5.74, 6) is -0.488. The summed E-state index contributed by atoms with van der Waals surface area (Å²) in [7, 11) is 0. The number of anilines is 1. The van der Waals surface area contributed by atoms with Crippen LogP contribution in [0.5, 0.6) is 5.75 Å². The Morgan fingerprint density at radius 2 is 1.81 bits per heavy atom. The predicted molar refractivity (Wildman–Crippen MR) is 79.4 cm³/mol. The molecule has 1 aromatic carbocycles. The van der Waals surface area contributed by atoms with E-state index in [4.69, 9.17) is 9.84 Å². The number of nitrogens with one attached hydrogen (secondary N) is 1. The van der Waals surface area contributed by atoms with Crippen LogP contribution in [0.1, 0.15) is 39.0 Å². The minimum Gasteiger partial charge on any atom is -0.482 e. The monoisotopic (exact) mass is 291 g/mol. The van der Waals surface area contributed by atoms with Crippen LogP contribution >= 0.6 is 0 Å². The van der Waals surface area contributed by atoms with Crippen LogP contribution in [0.2, 0.25) is 0 Å². The van der Waals surface area contributed by atoms with E-state index in [1.54, 1.807) is 24.3 Å². The Bertz CT molecular complexity index is 504. The van der Waals surface area contributed by atoms with Crippen LogP contribution in [-0.2, 0) is 9.59 Å². The molecule has 5 heteroatoms. The van der Waals surface area contributed by atoms with Gasteiger partial charge in [-0.3, -0.25) is 4.79 Å². The molecule has 2 N–H and O–H groups in total. The summed E-state index contributed by atoms with van der Waals surface area (Å²) in [4.78, 5) is 22.8. The number of hydrogen-bond donors (Lipinski definition) is 2. The molecule has 1 aliphatic rings. The average Bonchev–Trinajstić information content (AvgIpc) is 2.47. The van der Waals surface area contributed by atoms with E-state index in [-0.39, 0.29) is 17.9 Å². The number of carbonyl (C=O) groups excluding carboxylic acids is 1. The second-order valence-corrected chi connectivity index (χ2v) is 5.78. The zero-order valence-corrected chi connectivity index (χ0v) is 12.2. The van der Waals surface area contributed by atoms with E-state index in [0.717, 1.165) is 25.7 Å². The molecule has 0 aromatic heterocycles. The Labute approximate surface area is 124 Å². The summed E-state index contributed by atoms with van der Waals surface area (Å²) in [6.07, 6.45) is 5.27. The number of hydrogen-bond acceptors (Lipinski definition) is 3. The SMILES string of the molecule is CC1(C(=O)Nc2ccc(OCC(=O)O)cc2)CCCCC1. The molecule has 0 heterocycles. The molecule has 1 aliphatic carbocycles. The number of carboxylic acid groups (broad SMARTS) is 1. The number of benzene rings is 1. The second kappa shape index (κ2) is 6.61. The summed E-state index contributed by atoms with van der Waals surface area (Å²) in [6.45, 7) is 1.65. The molecule has 2 rings (SSSR count). The smallest absolute Gasteiger partial charge is 0.341 e. The van der Waals surface area contributed by atoms with Crippen LogP contribution in [0.3, 0.4) is 0 Å². The third-order valence-electron chi connectivity index (χ3n) is 3.98. The fourth-order valence-electron chi connectivity index (χ4n) is 2.62. The molecule has 0 unspecified atom stereocenters. The van der Waals surface area contributed by atoms with E-state index in [1.807, 2.05) is 6.92 Å². The highest BCUT2D eigenvalue weighted by Crippen LogP contribution is 2.36. The first-order chi connectivity index (χ1) is 9.99. The van der Waals surface area contributed by atoms with Gasteiger partial charge in [0.2, 0.25) is 5.91 Å². The van der Waals surface area contributed by atoms with Crippen molar-refractivity contribution in [2.24, 2.45) is 5.41 Å². The van der Waals surface area contributed by atoms with Gasteiger partial charge in [-0.25, -0.2) is 4.79 Å². The molecule has 21 heavy (non-hydrogen) atoms. The molecular formula is C16H21NO4. The first-order valence-corrected chi connectivity index (χ1v) is 7.26. The lowest BCUT2D eigenvalue weighted by Gasteiger charge is -2.32. The number of carbonyl (C=O) groups is 2. The van der Waals surface area contributed by atoms with Crippen molar-refractivity contribution >= 4 is 17.6 Å². The molecule has 0 saturated heterocycles. The van der Waals surface area contributed by atoms with Crippen molar-refractivity contribution < 1.29 is 19.4 Å². The predicted octanol–water partition coefficient (Wildman–Crippen LogP) is 3.06. The molecule has 1 aromatic rings. The van der Waals surface area contributed by atoms with Crippen molar-refractivity contribution in [1.82, 2.24) is 0 Å². The first-order valence-electron chi connectivity index (χ1n) is 7.26. The Kier molecular flexibility index (Phi) is 4.83. The Morgan fingerprint density at radius 1 is 1.19 bits per heavy atom. The van der Waals surface area contributed by atoms with Gasteiger partial charge in [0, 0.05) is 11.1 Å². The number of ether oxygens (including phenoxy) is 1. The van der Waals surface area contributed by atoms with Gasteiger partial charge in [0.15, 0.2) is 6.61 Å². The zero-order chi connectivity index (χ0) is 15.3. The highest BCUT2D eigenvalue weighted by atomic mass is 16.5. The van der Waals surface area contributed by atoms with E-state index in [0.29, 0.717) is 11.4 Å². The van der Waals surface area contributed by atoms with Gasteiger partial charge in [-0.05, 0) is 37.1 Å². The summed E-state index contributed by atoms with van der Waals surface area (Å²) < 4.78 is 5.05. The molecule has 5 nitrogen and oxygen atoms in total. The van der Waals surface area contributed by atoms with Crippen molar-refractivity contribution in [2.75, 3.05) is 11.9 Å². The number of aliphatic carboxylic acids is 1. The van der Waals surface area contributed by atoms with E-state index in [9.17, 15) is 9.59 Å². The van der Waals surface area contributed by atoms with Crippen molar-refractivity contribution in [1.29, 1.82) is 0 Å². The Hall–Kier alpha value is -2.04. The lowest BCUT2D eigenvalue weighted by molar-refractivity contribution is -0.139. The molecule has 0 radical (unpaired) electrons. The van der Waals surface area contributed by atoms with Gasteiger partial charge in [0.05, 0.1) is 0 Å². The number of carboxylic acids is 1. The molecule has 114 valence electrons. The zero-order valence-electron chi connectivity index (χ0n) is 12.2. The van der Waals surface area contributed by atoms with Crippen LogP contribution in [0.4, 0.5) is 5.69 Å². The Morgan fingerprint density at radius 3 is 2.38 bits per heavy atom. The molecule has 0 atom stereocenters. The van der Waals surface area contributed by atoms with E-state index in [1.165, 1.54) is 6.42 Å². The molecule has 1 saturated carbocycles. The lowest BCUT2D eigenvalue weighted by atomic mass is 9.75. The minimum atomic E-state index is -1.02. The van der Waals surface area contributed by atoms with Crippen molar-refractivity contribution in [2.45, 2.75) is 39.0 Å². The van der Waals surface area contributed by atoms with Crippen LogP contribution in [0, 0.1) is 5.41 Å². The minimum absolute atomic E-state index is 0.0569. The summed E-state index contributed by atoms with van der Waals surface area (Å²) in [5.41, 5.74) is 0.422. The van der Waals surface area contributed by atoms with E-state index in [2.05, 4.69) is 5.32 Å². The van der Waals surface area contributed by atoms with Crippen molar-refractivity contribution in [3.05, 3.63) is 24.3 Å². The van der Waals surface area contributed by atoms with Crippen LogP contribution < -0.4 is 10.1 Å². The molecule has 0 bridgehead atoms. The van der Waals surface area contributed by atoms with E-state index < -0.39 is 5.97 Å². The van der Waals surface area contributed by atoms with Crippen LogP contribution in [0.25, 0.3) is 0 Å². The third-order valence-corrected chi connectivity index (χ3v) is 3.98. The third kappa shape index (κ3) is 4.21. The summed E-state index contributed by atoms with van der Waals surface area (Å²) in [6, 6.07) is 6.76. The Balaban J connectivity index is 1.93. The van der Waals surface area contributed by atoms with Gasteiger partial charge in [-0.15, -0.1) is 0 Å². The summed E-state index contributed by atoms with van der Waals surface area (Å²) in [5, 5.41) is 11.5. The van der Waals surface area contributed by atoms with Crippen LogP contribution in [0.15, 0.2) is 24.3 Å². The molecule has 0 aliphatic heterocycles. The fraction of sp³-hybridized carbons (Fsp3) is 0.500. The standard InChI is InChI=1S/C16H21NO4/c1-16(9-3-2-4-10-16)15(20)17-12-5-7-13(8-6-12)21-11-14(18)19/h5-8H,2-4,9-11H2,1H3,(H,17,20)(H,18,19). The van der Waals surface area contributed by atoms with Crippen molar-refractivity contribution in [3.8, 4) is 5.75 Å². The van der Waals surface area contributed by atoms with E-state index >= 15 is 0 Å². The lowest BCUT2D eigenvalue weighted by Crippen LogP contribution is -2.35. The number of amides is 1. The molecular weight excluding hydrogens is 270 g/mol. The molecule has 0 spiro atoms. The number of rotatable bonds is 5. The normalized spacial score (nSPS) is 17.0. The average molecular weight is 291 g/mol. The van der Waals surface area contributed by atoms with Crippen molar-refractivity contribution in [3.63, 3.8) is 0 Å². The largest absolute Gasteiger partial charge is 0.482 e. The maximum Gasteiger partial charge on any atom is 0.341 e. The maximum absolute atomic E-state index is 12.4. The van der Waals surface area contributed by atoms with Gasteiger partial charge in [-0.1, -0.05) is 26.2 Å². The van der Waals surface area contributed by atoms with Gasteiger partial charge >= 0.3 is 5.97 Å². The fourth-order valence-corrected chi connectivity index (χ4v) is 2.62. The van der Waals surface area contributed by atoms with Gasteiger partial charge in [0.1, 0.15) is 5.75 Å².